The Balaban J connectivity index is 1.84. The van der Waals surface area contributed by atoms with Crippen LogP contribution in [0.15, 0.2) is 0 Å². The molecule has 2 aliphatic heterocycles. The fraction of sp³-hybridized carbons (Fsp3) is 0.833. The smallest absolute Gasteiger partial charge is 0.410 e. The summed E-state index contributed by atoms with van der Waals surface area (Å²) in [6.45, 7) is 6.28. The SMILES string of the molecule is CC(C)(C)OC(=O)N1CC2(CCC(C(=O)O)O2)C1. The van der Waals surface area contributed by atoms with Crippen LogP contribution in [0.3, 0.4) is 0 Å². The molecule has 1 unspecified atom stereocenters. The van der Waals surface area contributed by atoms with Crippen LogP contribution in [-0.2, 0) is 14.3 Å². The first-order chi connectivity index (χ1) is 8.21. The predicted octanol–water partition coefficient (Wildman–Crippen LogP) is 1.24. The largest absolute Gasteiger partial charge is 0.479 e. The Bertz CT molecular complexity index is 367. The summed E-state index contributed by atoms with van der Waals surface area (Å²) in [4.78, 5) is 24.1. The number of carbonyl (C=O) groups excluding carboxylic acids is 1. The van der Waals surface area contributed by atoms with E-state index < -0.39 is 23.3 Å². The highest BCUT2D eigenvalue weighted by Crippen LogP contribution is 2.38. The standard InChI is InChI=1S/C12H19NO5/c1-11(2,3)18-10(16)13-6-12(7-13)5-4-8(17-12)9(14)15/h8H,4-7H2,1-3H3,(H,14,15). The average Bonchev–Trinajstić information content (AvgIpc) is 2.56. The fourth-order valence-corrected chi connectivity index (χ4v) is 2.33. The van der Waals surface area contributed by atoms with Crippen molar-refractivity contribution in [1.29, 1.82) is 0 Å². The van der Waals surface area contributed by atoms with E-state index in [0.717, 1.165) is 0 Å². The third kappa shape index (κ3) is 2.58. The molecule has 6 heteroatoms. The number of amides is 1. The van der Waals surface area contributed by atoms with Crippen LogP contribution in [0.25, 0.3) is 0 Å². The highest BCUT2D eigenvalue weighted by atomic mass is 16.6. The first-order valence-electron chi connectivity index (χ1n) is 6.09. The molecule has 2 heterocycles. The van der Waals surface area contributed by atoms with E-state index in [4.69, 9.17) is 14.6 Å². The summed E-state index contributed by atoms with van der Waals surface area (Å²) >= 11 is 0. The third-order valence-electron chi connectivity index (χ3n) is 3.14. The Morgan fingerprint density at radius 1 is 1.39 bits per heavy atom. The number of nitrogens with zero attached hydrogens (tertiary/aromatic N) is 1. The van der Waals surface area contributed by atoms with Crippen molar-refractivity contribution in [3.8, 4) is 0 Å². The Morgan fingerprint density at radius 2 is 2.00 bits per heavy atom. The van der Waals surface area contributed by atoms with Gasteiger partial charge in [0.25, 0.3) is 0 Å². The van der Waals surface area contributed by atoms with Gasteiger partial charge in [-0.05, 0) is 33.6 Å². The number of hydrogen-bond acceptors (Lipinski definition) is 4. The molecule has 1 spiro atoms. The normalized spacial score (nSPS) is 25.9. The van der Waals surface area contributed by atoms with E-state index in [-0.39, 0.29) is 6.09 Å². The lowest BCUT2D eigenvalue weighted by molar-refractivity contribution is -0.167. The molecule has 0 saturated carbocycles. The fourth-order valence-electron chi connectivity index (χ4n) is 2.33. The number of carbonyl (C=O) groups is 2. The molecular weight excluding hydrogens is 238 g/mol. The Labute approximate surface area is 106 Å². The van der Waals surface area contributed by atoms with Gasteiger partial charge in [-0.25, -0.2) is 9.59 Å². The minimum absolute atomic E-state index is 0.365. The maximum absolute atomic E-state index is 11.7. The van der Waals surface area contributed by atoms with Crippen molar-refractivity contribution in [3.05, 3.63) is 0 Å². The zero-order chi connectivity index (χ0) is 13.6. The summed E-state index contributed by atoms with van der Waals surface area (Å²) in [6, 6.07) is 0. The van der Waals surface area contributed by atoms with Gasteiger partial charge < -0.3 is 19.5 Å². The maximum atomic E-state index is 11.7. The maximum Gasteiger partial charge on any atom is 0.410 e. The molecule has 0 aliphatic carbocycles. The Kier molecular flexibility index (Phi) is 3.01. The number of carboxylic acids is 1. The van der Waals surface area contributed by atoms with Gasteiger partial charge in [0.1, 0.15) is 11.2 Å². The van der Waals surface area contributed by atoms with Crippen LogP contribution in [0.5, 0.6) is 0 Å². The lowest BCUT2D eigenvalue weighted by Gasteiger charge is -2.47. The molecule has 0 aromatic carbocycles. The van der Waals surface area contributed by atoms with Crippen molar-refractivity contribution in [2.45, 2.75) is 50.9 Å². The van der Waals surface area contributed by atoms with Crippen LogP contribution in [-0.4, -0.2) is 52.5 Å². The summed E-state index contributed by atoms with van der Waals surface area (Å²) < 4.78 is 10.7. The number of carboxylic acid groups (broad SMARTS) is 1. The van der Waals surface area contributed by atoms with E-state index in [1.165, 1.54) is 0 Å². The van der Waals surface area contributed by atoms with Crippen molar-refractivity contribution < 1.29 is 24.2 Å². The van der Waals surface area contributed by atoms with E-state index in [0.29, 0.717) is 25.9 Å². The Hall–Kier alpha value is -1.30. The molecule has 18 heavy (non-hydrogen) atoms. The minimum atomic E-state index is -0.928. The number of hydrogen-bond donors (Lipinski definition) is 1. The van der Waals surface area contributed by atoms with Crippen molar-refractivity contribution in [2.75, 3.05) is 13.1 Å². The van der Waals surface area contributed by atoms with Crippen LogP contribution >= 0.6 is 0 Å². The monoisotopic (exact) mass is 257 g/mol. The number of likely N-dealkylation sites (tertiary alicyclic amines) is 1. The van der Waals surface area contributed by atoms with Crippen molar-refractivity contribution >= 4 is 12.1 Å². The summed E-state index contributed by atoms with van der Waals surface area (Å²) in [7, 11) is 0. The topological polar surface area (TPSA) is 76.1 Å². The lowest BCUT2D eigenvalue weighted by atomic mass is 9.91. The molecule has 0 bridgehead atoms. The molecule has 0 radical (unpaired) electrons. The van der Waals surface area contributed by atoms with Crippen LogP contribution < -0.4 is 0 Å². The predicted molar refractivity (Wildman–Crippen MR) is 62.3 cm³/mol. The minimum Gasteiger partial charge on any atom is -0.479 e. The van der Waals surface area contributed by atoms with Gasteiger partial charge in [-0.3, -0.25) is 0 Å². The van der Waals surface area contributed by atoms with Gasteiger partial charge in [0, 0.05) is 0 Å². The van der Waals surface area contributed by atoms with E-state index in [1.807, 2.05) is 20.8 Å². The first-order valence-corrected chi connectivity index (χ1v) is 6.09. The van der Waals surface area contributed by atoms with E-state index in [2.05, 4.69) is 0 Å². The quantitative estimate of drug-likeness (QED) is 0.764. The Morgan fingerprint density at radius 3 is 2.44 bits per heavy atom. The molecule has 0 aromatic heterocycles. The highest BCUT2D eigenvalue weighted by Gasteiger charge is 2.53. The molecule has 0 aromatic rings. The molecule has 2 fully saturated rings. The molecule has 6 nitrogen and oxygen atoms in total. The highest BCUT2D eigenvalue weighted by molar-refractivity contribution is 5.73. The average molecular weight is 257 g/mol. The first kappa shape index (κ1) is 13.1. The van der Waals surface area contributed by atoms with E-state index in [9.17, 15) is 9.59 Å². The van der Waals surface area contributed by atoms with Gasteiger partial charge in [-0.1, -0.05) is 0 Å². The number of aliphatic carboxylic acids is 1. The molecular formula is C12H19NO5. The van der Waals surface area contributed by atoms with Crippen LogP contribution in [0.2, 0.25) is 0 Å². The molecule has 2 saturated heterocycles. The zero-order valence-corrected chi connectivity index (χ0v) is 10.9. The summed E-state index contributed by atoms with van der Waals surface area (Å²) in [6.07, 6.45) is 0.0992. The second kappa shape index (κ2) is 4.12. The van der Waals surface area contributed by atoms with Crippen LogP contribution in [0.4, 0.5) is 4.79 Å². The van der Waals surface area contributed by atoms with E-state index in [1.54, 1.807) is 4.90 Å². The summed E-state index contributed by atoms with van der Waals surface area (Å²) in [5, 5.41) is 8.86. The van der Waals surface area contributed by atoms with Crippen molar-refractivity contribution in [1.82, 2.24) is 4.90 Å². The third-order valence-corrected chi connectivity index (χ3v) is 3.14. The van der Waals surface area contributed by atoms with Gasteiger partial charge in [-0.15, -0.1) is 0 Å². The second-order valence-corrected chi connectivity index (χ2v) is 6.00. The molecule has 2 aliphatic rings. The van der Waals surface area contributed by atoms with Crippen LogP contribution in [0, 0.1) is 0 Å². The molecule has 1 amide bonds. The summed E-state index contributed by atoms with van der Waals surface area (Å²) in [5.74, 6) is -0.928. The summed E-state index contributed by atoms with van der Waals surface area (Å²) in [5.41, 5.74) is -0.972. The molecule has 102 valence electrons. The van der Waals surface area contributed by atoms with Crippen molar-refractivity contribution in [2.24, 2.45) is 0 Å². The zero-order valence-electron chi connectivity index (χ0n) is 10.9. The van der Waals surface area contributed by atoms with Gasteiger partial charge in [0.2, 0.25) is 0 Å². The van der Waals surface area contributed by atoms with Crippen LogP contribution in [0.1, 0.15) is 33.6 Å². The van der Waals surface area contributed by atoms with E-state index >= 15 is 0 Å². The van der Waals surface area contributed by atoms with Gasteiger partial charge in [0.15, 0.2) is 6.10 Å². The lowest BCUT2D eigenvalue weighted by Crippen LogP contribution is -2.64. The van der Waals surface area contributed by atoms with Crippen molar-refractivity contribution in [3.63, 3.8) is 0 Å². The van der Waals surface area contributed by atoms with Gasteiger partial charge >= 0.3 is 12.1 Å². The van der Waals surface area contributed by atoms with Gasteiger partial charge in [-0.2, -0.15) is 0 Å². The molecule has 1 N–H and O–H groups in total. The number of rotatable bonds is 1. The molecule has 1 atom stereocenters. The number of ether oxygens (including phenoxy) is 2. The molecule has 2 rings (SSSR count). The van der Waals surface area contributed by atoms with Gasteiger partial charge in [0.05, 0.1) is 13.1 Å². The second-order valence-electron chi connectivity index (χ2n) is 6.00.